The highest BCUT2D eigenvalue weighted by Crippen LogP contribution is 2.19. The van der Waals surface area contributed by atoms with Crippen molar-refractivity contribution in [1.29, 1.82) is 0 Å². The van der Waals surface area contributed by atoms with Crippen LogP contribution in [0.1, 0.15) is 51.2 Å². The van der Waals surface area contributed by atoms with Crippen LogP contribution >= 0.6 is 0 Å². The highest BCUT2D eigenvalue weighted by molar-refractivity contribution is 5.79. The van der Waals surface area contributed by atoms with E-state index >= 15 is 0 Å². The van der Waals surface area contributed by atoms with Gasteiger partial charge in [-0.2, -0.15) is 0 Å². The van der Waals surface area contributed by atoms with Gasteiger partial charge in [0.15, 0.2) is 11.8 Å². The molecule has 3 heterocycles. The van der Waals surface area contributed by atoms with E-state index < -0.39 is 0 Å². The second-order valence-electron chi connectivity index (χ2n) is 7.43. The molecule has 2 N–H and O–H groups in total. The van der Waals surface area contributed by atoms with E-state index in [1.165, 1.54) is 38.8 Å². The molecule has 0 radical (unpaired) electrons. The first kappa shape index (κ1) is 17.2. The Morgan fingerprint density at radius 3 is 2.62 bits per heavy atom. The average Bonchev–Trinajstić information content (AvgIpc) is 3.20. The Kier molecular flexibility index (Phi) is 5.38. The molecule has 1 fully saturated rings. The van der Waals surface area contributed by atoms with Crippen molar-refractivity contribution < 1.29 is 0 Å². The van der Waals surface area contributed by atoms with Crippen LogP contribution in [0.4, 0.5) is 0 Å². The maximum absolute atomic E-state index is 4.35. The molecule has 0 aromatic carbocycles. The largest absolute Gasteiger partial charge is 0.355 e. The molecule has 1 aromatic rings. The van der Waals surface area contributed by atoms with Crippen LogP contribution in [-0.4, -0.2) is 57.8 Å². The molecule has 0 spiro atoms. The molecule has 24 heavy (non-hydrogen) atoms. The zero-order valence-corrected chi connectivity index (χ0v) is 15.3. The smallest absolute Gasteiger partial charge is 0.191 e. The monoisotopic (exact) mass is 333 g/mol. The van der Waals surface area contributed by atoms with E-state index in [0.29, 0.717) is 6.54 Å². The fourth-order valence-corrected chi connectivity index (χ4v) is 3.64. The number of nitrogens with zero attached hydrogens (tertiary/aromatic N) is 5. The van der Waals surface area contributed by atoms with Gasteiger partial charge in [-0.15, -0.1) is 10.2 Å². The van der Waals surface area contributed by atoms with Crippen LogP contribution in [0.15, 0.2) is 4.99 Å². The van der Waals surface area contributed by atoms with Crippen LogP contribution in [0.3, 0.4) is 0 Å². The number of rotatable bonds is 5. The fourth-order valence-electron chi connectivity index (χ4n) is 3.64. The molecule has 7 nitrogen and oxygen atoms in total. The molecule has 0 bridgehead atoms. The van der Waals surface area contributed by atoms with Gasteiger partial charge in [-0.25, -0.2) is 0 Å². The lowest BCUT2D eigenvalue weighted by Gasteiger charge is -2.41. The second-order valence-corrected chi connectivity index (χ2v) is 7.43. The number of aromatic nitrogens is 3. The van der Waals surface area contributed by atoms with E-state index in [1.54, 1.807) is 0 Å². The van der Waals surface area contributed by atoms with E-state index in [9.17, 15) is 0 Å². The van der Waals surface area contributed by atoms with Gasteiger partial charge in [-0.3, -0.25) is 9.89 Å². The van der Waals surface area contributed by atoms with E-state index in [1.807, 2.05) is 7.05 Å². The Hall–Kier alpha value is -1.63. The molecule has 0 atom stereocenters. The molecule has 2 aliphatic heterocycles. The van der Waals surface area contributed by atoms with Crippen LogP contribution in [0, 0.1) is 0 Å². The van der Waals surface area contributed by atoms with E-state index in [2.05, 4.69) is 49.1 Å². The van der Waals surface area contributed by atoms with Gasteiger partial charge in [0.1, 0.15) is 5.82 Å². The van der Waals surface area contributed by atoms with Gasteiger partial charge >= 0.3 is 0 Å². The topological polar surface area (TPSA) is 70.4 Å². The normalized spacial score (nSPS) is 19.4. The number of hydrogen-bond donors (Lipinski definition) is 2. The SMILES string of the molecule is CN=C(NCc1nnc2n1CCC2)NCC(C)(C)N1CCCCC1. The van der Waals surface area contributed by atoms with Crippen LogP contribution in [0.2, 0.25) is 0 Å². The van der Waals surface area contributed by atoms with Gasteiger partial charge in [0.25, 0.3) is 0 Å². The van der Waals surface area contributed by atoms with Crippen molar-refractivity contribution in [3.63, 3.8) is 0 Å². The van der Waals surface area contributed by atoms with Crippen molar-refractivity contribution in [2.75, 3.05) is 26.7 Å². The van der Waals surface area contributed by atoms with Gasteiger partial charge in [0.05, 0.1) is 6.54 Å². The minimum absolute atomic E-state index is 0.133. The van der Waals surface area contributed by atoms with Gasteiger partial charge in [-0.1, -0.05) is 6.42 Å². The molecule has 0 unspecified atom stereocenters. The predicted molar refractivity (Wildman–Crippen MR) is 96.0 cm³/mol. The van der Waals surface area contributed by atoms with Crippen molar-refractivity contribution in [3.05, 3.63) is 11.6 Å². The van der Waals surface area contributed by atoms with Crippen molar-refractivity contribution in [2.24, 2.45) is 4.99 Å². The maximum atomic E-state index is 4.35. The molecule has 2 aliphatic rings. The maximum Gasteiger partial charge on any atom is 0.191 e. The first-order valence-electron chi connectivity index (χ1n) is 9.21. The van der Waals surface area contributed by atoms with Crippen molar-refractivity contribution >= 4 is 5.96 Å². The third kappa shape index (κ3) is 3.88. The minimum Gasteiger partial charge on any atom is -0.355 e. The van der Waals surface area contributed by atoms with Gasteiger partial charge in [0, 0.05) is 32.1 Å². The molecule has 7 heteroatoms. The number of nitrogens with one attached hydrogen (secondary N) is 2. The first-order chi connectivity index (χ1) is 11.6. The van der Waals surface area contributed by atoms with Crippen LogP contribution in [-0.2, 0) is 19.5 Å². The molecule has 0 aliphatic carbocycles. The lowest BCUT2D eigenvalue weighted by atomic mass is 9.98. The van der Waals surface area contributed by atoms with Gasteiger partial charge < -0.3 is 15.2 Å². The summed E-state index contributed by atoms with van der Waals surface area (Å²) in [5, 5.41) is 15.4. The van der Waals surface area contributed by atoms with Crippen molar-refractivity contribution in [1.82, 2.24) is 30.3 Å². The number of aryl methyl sites for hydroxylation is 1. The summed E-state index contributed by atoms with van der Waals surface area (Å²) in [6.45, 7) is 9.60. The standard InChI is InChI=1S/C17H31N7/c1-17(2,23-9-5-4-6-10-23)13-20-16(18-3)19-12-15-22-21-14-8-7-11-24(14)15/h4-13H2,1-3H3,(H2,18,19,20). The van der Waals surface area contributed by atoms with Crippen molar-refractivity contribution in [2.45, 2.75) is 64.6 Å². The van der Waals surface area contributed by atoms with Crippen LogP contribution in [0.5, 0.6) is 0 Å². The molecule has 134 valence electrons. The Bertz CT molecular complexity index is 569. The van der Waals surface area contributed by atoms with E-state index in [-0.39, 0.29) is 5.54 Å². The number of hydrogen-bond acceptors (Lipinski definition) is 4. The number of fused-ring (bicyclic) bond motifs is 1. The Balaban J connectivity index is 1.49. The average molecular weight is 333 g/mol. The summed E-state index contributed by atoms with van der Waals surface area (Å²) in [4.78, 5) is 6.93. The van der Waals surface area contributed by atoms with Crippen LogP contribution < -0.4 is 10.6 Å². The quantitative estimate of drug-likeness (QED) is 0.625. The summed E-state index contributed by atoms with van der Waals surface area (Å²) in [6.07, 6.45) is 6.22. The molecule has 3 rings (SSSR count). The third-order valence-corrected chi connectivity index (χ3v) is 5.22. The lowest BCUT2D eigenvalue weighted by molar-refractivity contribution is 0.0982. The summed E-state index contributed by atoms with van der Waals surface area (Å²) in [5.41, 5.74) is 0.133. The van der Waals surface area contributed by atoms with Crippen molar-refractivity contribution in [3.8, 4) is 0 Å². The second kappa shape index (κ2) is 7.51. The molecular weight excluding hydrogens is 302 g/mol. The minimum atomic E-state index is 0.133. The zero-order valence-electron chi connectivity index (χ0n) is 15.3. The summed E-state index contributed by atoms with van der Waals surface area (Å²) >= 11 is 0. The van der Waals surface area contributed by atoms with Gasteiger partial charge in [-0.05, 0) is 46.2 Å². The molecular formula is C17H31N7. The number of likely N-dealkylation sites (tertiary alicyclic amines) is 1. The summed E-state index contributed by atoms with van der Waals surface area (Å²) in [5.74, 6) is 2.94. The third-order valence-electron chi connectivity index (χ3n) is 5.22. The Morgan fingerprint density at radius 2 is 1.88 bits per heavy atom. The van der Waals surface area contributed by atoms with E-state index in [4.69, 9.17) is 0 Å². The number of piperidine rings is 1. The molecule has 0 amide bonds. The summed E-state index contributed by atoms with van der Waals surface area (Å²) < 4.78 is 2.22. The van der Waals surface area contributed by atoms with Crippen LogP contribution in [0.25, 0.3) is 0 Å². The Morgan fingerprint density at radius 1 is 1.08 bits per heavy atom. The Labute approximate surface area is 144 Å². The first-order valence-corrected chi connectivity index (χ1v) is 9.21. The van der Waals surface area contributed by atoms with E-state index in [0.717, 1.165) is 37.1 Å². The highest BCUT2D eigenvalue weighted by Gasteiger charge is 2.28. The fraction of sp³-hybridized carbons (Fsp3) is 0.824. The number of aliphatic imine (C=N–C) groups is 1. The molecule has 1 aromatic heterocycles. The summed E-state index contributed by atoms with van der Waals surface area (Å²) in [7, 11) is 1.82. The molecule has 1 saturated heterocycles. The predicted octanol–water partition coefficient (Wildman–Crippen LogP) is 1.15. The zero-order chi connectivity index (χ0) is 17.0. The molecule has 0 saturated carbocycles. The number of guanidine groups is 1. The van der Waals surface area contributed by atoms with Gasteiger partial charge in [0.2, 0.25) is 0 Å². The summed E-state index contributed by atoms with van der Waals surface area (Å²) in [6, 6.07) is 0. The lowest BCUT2D eigenvalue weighted by Crippen LogP contribution is -2.54. The highest BCUT2D eigenvalue weighted by atomic mass is 15.3.